The first-order chi connectivity index (χ1) is 13.5. The number of hydrogen-bond donors (Lipinski definition) is 1. The number of rotatable bonds is 6. The van der Waals surface area contributed by atoms with E-state index in [4.69, 9.17) is 0 Å². The summed E-state index contributed by atoms with van der Waals surface area (Å²) in [6.45, 7) is 3.24. The maximum atomic E-state index is 12.4. The molecule has 8 heteroatoms. The van der Waals surface area contributed by atoms with Crippen molar-refractivity contribution in [1.82, 2.24) is 29.7 Å². The number of carbonyl (C=O) groups excluding carboxylic acids is 2. The summed E-state index contributed by atoms with van der Waals surface area (Å²) in [5.74, 6) is -0.380. The van der Waals surface area contributed by atoms with E-state index in [2.05, 4.69) is 20.3 Å². The first-order valence-corrected chi connectivity index (χ1v) is 8.91. The summed E-state index contributed by atoms with van der Waals surface area (Å²) >= 11 is 0. The summed E-state index contributed by atoms with van der Waals surface area (Å²) in [5.41, 5.74) is 3.12. The lowest BCUT2D eigenvalue weighted by Gasteiger charge is -2.10. The fourth-order valence-electron chi connectivity index (χ4n) is 2.68. The van der Waals surface area contributed by atoms with E-state index >= 15 is 0 Å². The molecular formula is C20H22N6O2. The lowest BCUT2D eigenvalue weighted by molar-refractivity contribution is 0.0821. The molecule has 8 nitrogen and oxygen atoms in total. The smallest absolute Gasteiger partial charge is 0.273 e. The minimum absolute atomic E-state index is 0.168. The first kappa shape index (κ1) is 19.2. The Bertz CT molecular complexity index is 978. The summed E-state index contributed by atoms with van der Waals surface area (Å²) in [6.07, 6.45) is 6.52. The van der Waals surface area contributed by atoms with Crippen LogP contribution < -0.4 is 5.32 Å². The number of nitrogens with one attached hydrogen (secondary N) is 1. The summed E-state index contributed by atoms with van der Waals surface area (Å²) in [6, 6.07) is 7.03. The predicted molar refractivity (Wildman–Crippen MR) is 105 cm³/mol. The van der Waals surface area contributed by atoms with Gasteiger partial charge >= 0.3 is 0 Å². The normalized spacial score (nSPS) is 10.5. The highest BCUT2D eigenvalue weighted by molar-refractivity contribution is 5.94. The average molecular weight is 378 g/mol. The molecule has 1 aromatic carbocycles. The number of nitrogens with zero attached hydrogens (tertiary/aromatic N) is 5. The van der Waals surface area contributed by atoms with Crippen LogP contribution in [0.3, 0.4) is 0 Å². The Balaban J connectivity index is 1.70. The van der Waals surface area contributed by atoms with E-state index in [1.54, 1.807) is 57.1 Å². The van der Waals surface area contributed by atoms with Gasteiger partial charge in [0, 0.05) is 38.0 Å². The van der Waals surface area contributed by atoms with Gasteiger partial charge in [-0.15, -0.1) is 0 Å². The predicted octanol–water partition coefficient (Wildman–Crippen LogP) is 1.99. The number of imidazole rings is 1. The number of hydrogen-bond acceptors (Lipinski definition) is 5. The van der Waals surface area contributed by atoms with E-state index in [1.807, 2.05) is 11.5 Å². The summed E-state index contributed by atoms with van der Waals surface area (Å²) in [7, 11) is 3.33. The van der Waals surface area contributed by atoms with Gasteiger partial charge in [-0.1, -0.05) is 12.1 Å². The zero-order valence-corrected chi connectivity index (χ0v) is 16.1. The summed E-state index contributed by atoms with van der Waals surface area (Å²) in [4.78, 5) is 38.4. The van der Waals surface area contributed by atoms with Gasteiger partial charge < -0.3 is 14.8 Å². The standard InChI is InChI=1S/C20H22N6O2/c1-4-26-13-22-9-16(26)10-23-19(27)15-7-5-14(6-8-15)17-11-21-12-18(24-17)20(28)25(2)3/h5-9,11-13H,4,10H2,1-3H3,(H,23,27). The third kappa shape index (κ3) is 4.22. The molecule has 2 amide bonds. The number of aromatic nitrogens is 4. The van der Waals surface area contributed by atoms with Crippen LogP contribution in [-0.4, -0.2) is 50.3 Å². The van der Waals surface area contributed by atoms with Crippen molar-refractivity contribution in [1.29, 1.82) is 0 Å². The zero-order chi connectivity index (χ0) is 20.1. The fourth-order valence-corrected chi connectivity index (χ4v) is 2.68. The Morgan fingerprint density at radius 2 is 1.82 bits per heavy atom. The maximum absolute atomic E-state index is 12.4. The van der Waals surface area contributed by atoms with Gasteiger partial charge in [-0.2, -0.15) is 0 Å². The average Bonchev–Trinajstić information content (AvgIpc) is 3.19. The topological polar surface area (TPSA) is 93.0 Å². The minimum Gasteiger partial charge on any atom is -0.346 e. The van der Waals surface area contributed by atoms with Crippen LogP contribution in [0.4, 0.5) is 0 Å². The van der Waals surface area contributed by atoms with Crippen molar-refractivity contribution >= 4 is 11.8 Å². The Labute approximate surface area is 163 Å². The van der Waals surface area contributed by atoms with E-state index < -0.39 is 0 Å². The summed E-state index contributed by atoms with van der Waals surface area (Å²) in [5, 5.41) is 2.89. The molecule has 144 valence electrons. The molecule has 0 aliphatic carbocycles. The number of benzene rings is 1. The third-order valence-electron chi connectivity index (χ3n) is 4.27. The third-order valence-corrected chi connectivity index (χ3v) is 4.27. The van der Waals surface area contributed by atoms with Crippen LogP contribution in [0.5, 0.6) is 0 Å². The van der Waals surface area contributed by atoms with Crippen molar-refractivity contribution in [3.8, 4) is 11.3 Å². The van der Waals surface area contributed by atoms with E-state index in [-0.39, 0.29) is 17.5 Å². The fraction of sp³-hybridized carbons (Fsp3) is 0.250. The van der Waals surface area contributed by atoms with E-state index in [0.717, 1.165) is 17.8 Å². The molecule has 28 heavy (non-hydrogen) atoms. The van der Waals surface area contributed by atoms with Crippen LogP contribution in [0.25, 0.3) is 11.3 Å². The SMILES string of the molecule is CCn1cncc1CNC(=O)c1ccc(-c2cncc(C(=O)N(C)C)n2)cc1. The molecular weight excluding hydrogens is 356 g/mol. The van der Waals surface area contributed by atoms with Gasteiger partial charge in [0.1, 0.15) is 5.69 Å². The largest absolute Gasteiger partial charge is 0.346 e. The van der Waals surface area contributed by atoms with Crippen LogP contribution >= 0.6 is 0 Å². The first-order valence-electron chi connectivity index (χ1n) is 8.91. The zero-order valence-electron chi connectivity index (χ0n) is 16.1. The molecule has 2 heterocycles. The van der Waals surface area contributed by atoms with Gasteiger partial charge in [0.05, 0.1) is 36.7 Å². The summed E-state index contributed by atoms with van der Waals surface area (Å²) < 4.78 is 1.98. The minimum atomic E-state index is -0.211. The Morgan fingerprint density at radius 1 is 1.07 bits per heavy atom. The molecule has 0 atom stereocenters. The van der Waals surface area contributed by atoms with Gasteiger partial charge in [0.2, 0.25) is 0 Å². The lowest BCUT2D eigenvalue weighted by Crippen LogP contribution is -2.24. The molecule has 0 aliphatic rings. The molecule has 0 fully saturated rings. The highest BCUT2D eigenvalue weighted by Gasteiger charge is 2.12. The number of amides is 2. The van der Waals surface area contributed by atoms with E-state index in [1.165, 1.54) is 11.1 Å². The molecule has 1 N–H and O–H groups in total. The maximum Gasteiger partial charge on any atom is 0.273 e. The number of carbonyl (C=O) groups is 2. The number of aryl methyl sites for hydroxylation is 1. The second-order valence-corrected chi connectivity index (χ2v) is 6.42. The Morgan fingerprint density at radius 3 is 2.50 bits per heavy atom. The van der Waals surface area contributed by atoms with Gasteiger partial charge in [0.15, 0.2) is 0 Å². The molecule has 2 aromatic heterocycles. The Hall–Kier alpha value is -3.55. The highest BCUT2D eigenvalue weighted by Crippen LogP contribution is 2.17. The molecule has 0 saturated heterocycles. The van der Waals surface area contributed by atoms with Gasteiger partial charge in [-0.05, 0) is 19.1 Å². The van der Waals surface area contributed by atoms with Crippen LogP contribution in [-0.2, 0) is 13.1 Å². The van der Waals surface area contributed by atoms with Crippen molar-refractivity contribution in [2.45, 2.75) is 20.0 Å². The van der Waals surface area contributed by atoms with Gasteiger partial charge in [0.25, 0.3) is 11.8 Å². The van der Waals surface area contributed by atoms with Crippen LogP contribution in [0.15, 0.2) is 49.2 Å². The van der Waals surface area contributed by atoms with Gasteiger partial charge in [-0.25, -0.2) is 9.97 Å². The molecule has 0 bridgehead atoms. The van der Waals surface area contributed by atoms with E-state index in [0.29, 0.717) is 17.8 Å². The van der Waals surface area contributed by atoms with Crippen LogP contribution in [0, 0.1) is 0 Å². The lowest BCUT2D eigenvalue weighted by atomic mass is 10.1. The van der Waals surface area contributed by atoms with Crippen LogP contribution in [0.2, 0.25) is 0 Å². The quantitative estimate of drug-likeness (QED) is 0.708. The van der Waals surface area contributed by atoms with Crippen molar-refractivity contribution in [3.05, 3.63) is 66.1 Å². The second kappa shape index (κ2) is 8.43. The molecule has 0 radical (unpaired) electrons. The van der Waals surface area contributed by atoms with Crippen molar-refractivity contribution in [2.75, 3.05) is 14.1 Å². The van der Waals surface area contributed by atoms with Crippen LogP contribution in [0.1, 0.15) is 33.5 Å². The van der Waals surface area contributed by atoms with E-state index in [9.17, 15) is 9.59 Å². The molecule has 0 aliphatic heterocycles. The van der Waals surface area contributed by atoms with Gasteiger partial charge in [-0.3, -0.25) is 14.6 Å². The Kier molecular flexibility index (Phi) is 5.78. The van der Waals surface area contributed by atoms with Crippen molar-refractivity contribution < 1.29 is 9.59 Å². The monoisotopic (exact) mass is 378 g/mol. The molecule has 3 aromatic rings. The molecule has 3 rings (SSSR count). The second-order valence-electron chi connectivity index (χ2n) is 6.42. The molecule has 0 spiro atoms. The molecule has 0 unspecified atom stereocenters. The highest BCUT2D eigenvalue weighted by atomic mass is 16.2. The van der Waals surface area contributed by atoms with Crippen molar-refractivity contribution in [3.63, 3.8) is 0 Å². The molecule has 0 saturated carbocycles. The van der Waals surface area contributed by atoms with Crippen molar-refractivity contribution in [2.24, 2.45) is 0 Å².